The molecule has 0 heterocycles. The van der Waals surface area contributed by atoms with Crippen LogP contribution in [0.1, 0.15) is 18.1 Å². The Balaban J connectivity index is 2.41. The number of alkyl halides is 1. The lowest BCUT2D eigenvalue weighted by Crippen LogP contribution is -2.31. The quantitative estimate of drug-likeness (QED) is 0.162. The van der Waals surface area contributed by atoms with Gasteiger partial charge in [0.2, 0.25) is 0 Å². The number of hydrogen-bond acceptors (Lipinski definition) is 2. The van der Waals surface area contributed by atoms with Gasteiger partial charge in [0.1, 0.15) is 10.0 Å². The monoisotopic (exact) mass is 444 g/mol. The second kappa shape index (κ2) is 7.49. The lowest BCUT2D eigenvalue weighted by molar-refractivity contribution is -0.137. The number of aryl methyl sites for hydroxylation is 1. The summed E-state index contributed by atoms with van der Waals surface area (Å²) in [6.45, 7) is 3.42. The highest BCUT2D eigenvalue weighted by molar-refractivity contribution is 6.55. The van der Waals surface area contributed by atoms with Crippen molar-refractivity contribution in [3.8, 4) is 5.75 Å². The zero-order valence-corrected chi connectivity index (χ0v) is 16.9. The molecule has 128 valence electrons. The van der Waals surface area contributed by atoms with Crippen molar-refractivity contribution in [2.45, 2.75) is 18.7 Å². The van der Waals surface area contributed by atoms with E-state index in [2.05, 4.69) is 0 Å². The average Bonchev–Trinajstić information content (AvgIpc) is 2.55. The highest BCUT2D eigenvalue weighted by Gasteiger charge is 2.36. The zero-order valence-electron chi connectivity index (χ0n) is 12.4. The van der Waals surface area contributed by atoms with Crippen LogP contribution in [0.5, 0.6) is 5.75 Å². The molecule has 0 aliphatic carbocycles. The molecule has 1 atom stereocenters. The van der Waals surface area contributed by atoms with Crippen LogP contribution in [0.4, 0.5) is 0 Å². The topological polar surface area (TPSA) is 26.3 Å². The molecule has 0 unspecified atom stereocenters. The fourth-order valence-electron chi connectivity index (χ4n) is 1.85. The van der Waals surface area contributed by atoms with E-state index in [1.165, 1.54) is 6.92 Å². The summed E-state index contributed by atoms with van der Waals surface area (Å²) in [6, 6.07) is 7.13. The third-order valence-corrected chi connectivity index (χ3v) is 5.96. The SMILES string of the molecule is Cc1ccc([C@](C)(Cl)C(=O)Oc2c(Cl)c(Cl)c(Cl)c(Cl)c2Cl)cc1. The van der Waals surface area contributed by atoms with E-state index in [-0.39, 0.29) is 30.9 Å². The second-order valence-electron chi connectivity index (χ2n) is 5.16. The fourth-order valence-corrected chi connectivity index (χ4v) is 3.21. The van der Waals surface area contributed by atoms with Gasteiger partial charge in [0, 0.05) is 0 Å². The van der Waals surface area contributed by atoms with E-state index in [0.29, 0.717) is 5.56 Å². The van der Waals surface area contributed by atoms with Gasteiger partial charge in [-0.3, -0.25) is 0 Å². The highest BCUT2D eigenvalue weighted by atomic mass is 35.5. The maximum absolute atomic E-state index is 12.5. The minimum Gasteiger partial charge on any atom is -0.422 e. The van der Waals surface area contributed by atoms with Crippen molar-refractivity contribution in [2.75, 3.05) is 0 Å². The summed E-state index contributed by atoms with van der Waals surface area (Å²) in [5, 5.41) is -0.411. The maximum Gasteiger partial charge on any atom is 0.337 e. The van der Waals surface area contributed by atoms with Crippen molar-refractivity contribution in [1.29, 1.82) is 0 Å². The molecule has 0 radical (unpaired) electrons. The van der Waals surface area contributed by atoms with Crippen molar-refractivity contribution in [1.82, 2.24) is 0 Å². The van der Waals surface area contributed by atoms with Gasteiger partial charge < -0.3 is 4.74 Å². The molecule has 0 saturated carbocycles. The van der Waals surface area contributed by atoms with E-state index in [1.54, 1.807) is 12.1 Å². The van der Waals surface area contributed by atoms with Gasteiger partial charge in [-0.25, -0.2) is 4.79 Å². The van der Waals surface area contributed by atoms with Gasteiger partial charge >= 0.3 is 5.97 Å². The molecule has 0 aliphatic heterocycles. The van der Waals surface area contributed by atoms with E-state index in [9.17, 15) is 4.79 Å². The first-order valence-corrected chi connectivity index (χ1v) is 8.84. The predicted molar refractivity (Wildman–Crippen MR) is 102 cm³/mol. The Morgan fingerprint density at radius 2 is 1.29 bits per heavy atom. The normalized spacial score (nSPS) is 13.5. The van der Waals surface area contributed by atoms with Gasteiger partial charge in [0.05, 0.1) is 15.1 Å². The summed E-state index contributed by atoms with van der Waals surface area (Å²) < 4.78 is 5.28. The Morgan fingerprint density at radius 3 is 1.75 bits per heavy atom. The Morgan fingerprint density at radius 1 is 0.875 bits per heavy atom. The van der Waals surface area contributed by atoms with Gasteiger partial charge in [0.25, 0.3) is 0 Å². The molecule has 0 bridgehead atoms. The van der Waals surface area contributed by atoms with Crippen LogP contribution in [-0.2, 0) is 9.67 Å². The molecular weight excluding hydrogens is 437 g/mol. The zero-order chi connectivity index (χ0) is 18.2. The molecule has 0 fully saturated rings. The Kier molecular flexibility index (Phi) is 6.23. The number of ether oxygens (including phenoxy) is 1. The standard InChI is InChI=1S/C16H10Cl6O2/c1-7-3-5-8(6-4-7)16(2,22)15(23)24-14-12(20)10(18)9(17)11(19)13(14)21/h3-6H,1-2H3/t16-/m0/s1. The lowest BCUT2D eigenvalue weighted by atomic mass is 9.99. The van der Waals surface area contributed by atoms with E-state index < -0.39 is 10.8 Å². The molecule has 0 saturated heterocycles. The molecule has 2 aromatic carbocycles. The minimum absolute atomic E-state index is 0.0275. The molecule has 24 heavy (non-hydrogen) atoms. The first-order valence-electron chi connectivity index (χ1n) is 6.57. The van der Waals surface area contributed by atoms with E-state index in [1.807, 2.05) is 19.1 Å². The van der Waals surface area contributed by atoms with Crippen molar-refractivity contribution in [2.24, 2.45) is 0 Å². The van der Waals surface area contributed by atoms with Crippen LogP contribution in [0.15, 0.2) is 24.3 Å². The second-order valence-corrected chi connectivity index (χ2v) is 7.80. The highest BCUT2D eigenvalue weighted by Crippen LogP contribution is 2.48. The van der Waals surface area contributed by atoms with E-state index >= 15 is 0 Å². The average molecular weight is 447 g/mol. The van der Waals surface area contributed by atoms with Gasteiger partial charge in [0.15, 0.2) is 10.6 Å². The summed E-state index contributed by atoms with van der Waals surface area (Å²) >= 11 is 36.3. The summed E-state index contributed by atoms with van der Waals surface area (Å²) in [7, 11) is 0. The van der Waals surface area contributed by atoms with Crippen LogP contribution < -0.4 is 4.74 Å². The lowest BCUT2D eigenvalue weighted by Gasteiger charge is -2.22. The van der Waals surface area contributed by atoms with Gasteiger partial charge in [-0.2, -0.15) is 0 Å². The maximum atomic E-state index is 12.5. The number of esters is 1. The van der Waals surface area contributed by atoms with Crippen molar-refractivity contribution < 1.29 is 9.53 Å². The number of carbonyl (C=O) groups excluding carboxylic acids is 1. The molecule has 0 amide bonds. The molecule has 0 aromatic heterocycles. The van der Waals surface area contributed by atoms with Crippen LogP contribution in [0.2, 0.25) is 25.1 Å². The summed E-state index contributed by atoms with van der Waals surface area (Å²) in [6.07, 6.45) is 0. The van der Waals surface area contributed by atoms with Crippen LogP contribution in [0.25, 0.3) is 0 Å². The van der Waals surface area contributed by atoms with E-state index in [0.717, 1.165) is 5.56 Å². The van der Waals surface area contributed by atoms with Crippen LogP contribution in [0, 0.1) is 6.92 Å². The summed E-state index contributed by atoms with van der Waals surface area (Å²) in [5.41, 5.74) is 1.58. The largest absolute Gasteiger partial charge is 0.422 e. The predicted octanol–water partition coefficient (Wildman–Crippen LogP) is 7.32. The van der Waals surface area contributed by atoms with Crippen molar-refractivity contribution in [3.63, 3.8) is 0 Å². The number of rotatable bonds is 3. The molecule has 8 heteroatoms. The third kappa shape index (κ3) is 3.75. The minimum atomic E-state index is -1.46. The molecular formula is C16H10Cl6O2. The van der Waals surface area contributed by atoms with Gasteiger partial charge in [-0.05, 0) is 19.4 Å². The van der Waals surface area contributed by atoms with Gasteiger partial charge in [-0.15, -0.1) is 11.6 Å². The molecule has 2 rings (SSSR count). The van der Waals surface area contributed by atoms with Gasteiger partial charge in [-0.1, -0.05) is 87.8 Å². The first-order chi connectivity index (χ1) is 11.1. The van der Waals surface area contributed by atoms with Crippen LogP contribution >= 0.6 is 69.6 Å². The van der Waals surface area contributed by atoms with Crippen molar-refractivity contribution >= 4 is 75.6 Å². The summed E-state index contributed by atoms with van der Waals surface area (Å²) in [5.74, 6) is -0.979. The fraction of sp³-hybridized carbons (Fsp3) is 0.188. The molecule has 0 N–H and O–H groups in total. The third-order valence-electron chi connectivity index (χ3n) is 3.34. The number of halogens is 6. The smallest absolute Gasteiger partial charge is 0.337 e. The molecule has 0 spiro atoms. The Bertz CT molecular complexity index is 770. The Hall–Kier alpha value is -0.350. The number of carbonyl (C=O) groups is 1. The molecule has 2 aromatic rings. The Labute approximate surface area is 169 Å². The summed E-state index contributed by atoms with van der Waals surface area (Å²) in [4.78, 5) is 11.1. The van der Waals surface area contributed by atoms with E-state index in [4.69, 9.17) is 74.3 Å². The molecule has 0 aliphatic rings. The number of hydrogen-bond donors (Lipinski definition) is 0. The molecule has 2 nitrogen and oxygen atoms in total. The van der Waals surface area contributed by atoms with Crippen LogP contribution in [-0.4, -0.2) is 5.97 Å². The number of benzene rings is 2. The van der Waals surface area contributed by atoms with Crippen molar-refractivity contribution in [3.05, 3.63) is 60.5 Å². The first kappa shape index (κ1) is 20.0. The van der Waals surface area contributed by atoms with Crippen LogP contribution in [0.3, 0.4) is 0 Å².